The first-order valence-electron chi connectivity index (χ1n) is 9.22. The lowest BCUT2D eigenvalue weighted by Gasteiger charge is -2.17. The second kappa shape index (κ2) is 8.49. The van der Waals surface area contributed by atoms with Gasteiger partial charge in [0.1, 0.15) is 6.07 Å². The van der Waals surface area contributed by atoms with Crippen LogP contribution in [0.1, 0.15) is 39.3 Å². The number of hydrogen-bond acceptors (Lipinski definition) is 4. The molecule has 0 bridgehead atoms. The van der Waals surface area contributed by atoms with Crippen molar-refractivity contribution in [2.75, 3.05) is 13.6 Å². The monoisotopic (exact) mass is 373 g/mol. The highest BCUT2D eigenvalue weighted by Gasteiger charge is 2.14. The summed E-state index contributed by atoms with van der Waals surface area (Å²) in [4.78, 5) is 18.9. The first-order valence-corrected chi connectivity index (χ1v) is 9.22. The molecular formula is C22H23N5O. The van der Waals surface area contributed by atoms with Crippen LogP contribution in [0.15, 0.2) is 42.6 Å². The lowest BCUT2D eigenvalue weighted by atomic mass is 10.0. The van der Waals surface area contributed by atoms with E-state index in [0.29, 0.717) is 23.4 Å². The minimum atomic E-state index is -0.0445. The Labute approximate surface area is 164 Å². The highest BCUT2D eigenvalue weighted by Crippen LogP contribution is 2.22. The van der Waals surface area contributed by atoms with Gasteiger partial charge in [-0.1, -0.05) is 12.1 Å². The summed E-state index contributed by atoms with van der Waals surface area (Å²) in [5.74, 6) is -0.0445. The number of rotatable bonds is 6. The smallest absolute Gasteiger partial charge is 0.253 e. The van der Waals surface area contributed by atoms with Gasteiger partial charge in [-0.15, -0.1) is 0 Å². The molecule has 3 rings (SSSR count). The normalized spacial score (nSPS) is 10.5. The number of carbonyl (C=O) groups excluding carboxylic acids is 1. The lowest BCUT2D eigenvalue weighted by Crippen LogP contribution is -2.28. The van der Waals surface area contributed by atoms with Crippen molar-refractivity contribution in [2.45, 2.75) is 26.7 Å². The number of aromatic amines is 1. The molecule has 0 aliphatic carbocycles. The van der Waals surface area contributed by atoms with Gasteiger partial charge in [0.2, 0.25) is 0 Å². The molecular weight excluding hydrogens is 350 g/mol. The molecule has 0 saturated heterocycles. The van der Waals surface area contributed by atoms with E-state index in [1.54, 1.807) is 35.4 Å². The van der Waals surface area contributed by atoms with Crippen molar-refractivity contribution in [1.82, 2.24) is 20.1 Å². The summed E-state index contributed by atoms with van der Waals surface area (Å²) in [6.07, 6.45) is 3.39. The van der Waals surface area contributed by atoms with Crippen LogP contribution in [0.4, 0.5) is 0 Å². The Hall–Kier alpha value is -3.46. The molecule has 2 aromatic heterocycles. The Balaban J connectivity index is 1.69. The summed E-state index contributed by atoms with van der Waals surface area (Å²) in [7, 11) is 1.81. The zero-order chi connectivity index (χ0) is 20.1. The standard InChI is InChI=1S/C22H23N5O/c1-15-20(16(2)26-25-15)10-6-12-27(3)22(28)18-8-4-7-17(13-18)21-19(14-23)9-5-11-24-21/h4-5,7-9,11,13H,6,10,12H2,1-3H3,(H,25,26). The summed E-state index contributed by atoms with van der Waals surface area (Å²) < 4.78 is 0. The maximum atomic E-state index is 12.8. The van der Waals surface area contributed by atoms with Gasteiger partial charge >= 0.3 is 0 Å². The molecule has 28 heavy (non-hydrogen) atoms. The van der Waals surface area contributed by atoms with Crippen molar-refractivity contribution in [2.24, 2.45) is 0 Å². The number of aryl methyl sites for hydroxylation is 2. The molecule has 2 heterocycles. The SMILES string of the molecule is Cc1n[nH]c(C)c1CCCN(C)C(=O)c1cccc(-c2ncccc2C#N)c1. The first-order chi connectivity index (χ1) is 13.5. The molecule has 6 heteroatoms. The molecule has 1 aromatic carbocycles. The zero-order valence-corrected chi connectivity index (χ0v) is 16.4. The van der Waals surface area contributed by atoms with Gasteiger partial charge in [0.25, 0.3) is 5.91 Å². The molecule has 1 N–H and O–H groups in total. The first kappa shape index (κ1) is 19.3. The highest BCUT2D eigenvalue weighted by atomic mass is 16.2. The van der Waals surface area contributed by atoms with Crippen molar-refractivity contribution < 1.29 is 4.79 Å². The molecule has 6 nitrogen and oxygen atoms in total. The summed E-state index contributed by atoms with van der Waals surface area (Å²) in [5.41, 5.74) is 5.76. The predicted molar refractivity (Wildman–Crippen MR) is 108 cm³/mol. The molecule has 0 saturated carbocycles. The second-order valence-corrected chi connectivity index (χ2v) is 6.84. The number of pyridine rings is 1. The predicted octanol–water partition coefficient (Wildman–Crippen LogP) is 3.67. The van der Waals surface area contributed by atoms with Crippen molar-refractivity contribution in [1.29, 1.82) is 5.26 Å². The van der Waals surface area contributed by atoms with Crippen LogP contribution >= 0.6 is 0 Å². The van der Waals surface area contributed by atoms with E-state index in [9.17, 15) is 10.1 Å². The number of nitriles is 1. The second-order valence-electron chi connectivity index (χ2n) is 6.84. The fourth-order valence-electron chi connectivity index (χ4n) is 3.28. The Bertz CT molecular complexity index is 1010. The number of aromatic nitrogens is 3. The lowest BCUT2D eigenvalue weighted by molar-refractivity contribution is 0.0793. The maximum Gasteiger partial charge on any atom is 0.253 e. The van der Waals surface area contributed by atoms with Gasteiger partial charge in [0.15, 0.2) is 0 Å². The molecule has 0 fully saturated rings. The van der Waals surface area contributed by atoms with E-state index in [4.69, 9.17) is 0 Å². The maximum absolute atomic E-state index is 12.8. The fourth-order valence-corrected chi connectivity index (χ4v) is 3.28. The van der Waals surface area contributed by atoms with E-state index >= 15 is 0 Å². The molecule has 0 atom stereocenters. The minimum Gasteiger partial charge on any atom is -0.342 e. The number of amides is 1. The molecule has 0 radical (unpaired) electrons. The summed E-state index contributed by atoms with van der Waals surface area (Å²) in [6, 6.07) is 12.9. The Morgan fingerprint density at radius 1 is 1.25 bits per heavy atom. The van der Waals surface area contributed by atoms with Gasteiger partial charge in [-0.2, -0.15) is 10.4 Å². The van der Waals surface area contributed by atoms with E-state index < -0.39 is 0 Å². The average Bonchev–Trinajstić information content (AvgIpc) is 3.05. The molecule has 142 valence electrons. The highest BCUT2D eigenvalue weighted by molar-refractivity contribution is 5.95. The van der Waals surface area contributed by atoms with Gasteiger partial charge in [-0.3, -0.25) is 14.9 Å². The molecule has 0 spiro atoms. The largest absolute Gasteiger partial charge is 0.342 e. The summed E-state index contributed by atoms with van der Waals surface area (Å²) >= 11 is 0. The van der Waals surface area contributed by atoms with Gasteiger partial charge in [0.05, 0.1) is 17.0 Å². The van der Waals surface area contributed by atoms with E-state index in [-0.39, 0.29) is 5.91 Å². The zero-order valence-electron chi connectivity index (χ0n) is 16.4. The number of carbonyl (C=O) groups is 1. The van der Waals surface area contributed by atoms with Gasteiger partial charge in [-0.05, 0) is 56.5 Å². The molecule has 3 aromatic rings. The summed E-state index contributed by atoms with van der Waals surface area (Å²) in [6.45, 7) is 4.66. The van der Waals surface area contributed by atoms with E-state index in [0.717, 1.165) is 29.8 Å². The van der Waals surface area contributed by atoms with Crippen LogP contribution in [0.5, 0.6) is 0 Å². The minimum absolute atomic E-state index is 0.0445. The molecule has 1 amide bonds. The summed E-state index contributed by atoms with van der Waals surface area (Å²) in [5, 5.41) is 16.5. The Morgan fingerprint density at radius 2 is 2.07 bits per heavy atom. The number of hydrogen-bond donors (Lipinski definition) is 1. The van der Waals surface area contributed by atoms with E-state index in [2.05, 4.69) is 21.3 Å². The number of benzene rings is 1. The quantitative estimate of drug-likeness (QED) is 0.714. The Morgan fingerprint density at radius 3 is 2.79 bits per heavy atom. The van der Waals surface area contributed by atoms with Crippen molar-refractivity contribution >= 4 is 5.91 Å². The van der Waals surface area contributed by atoms with Gasteiger partial charge in [-0.25, -0.2) is 0 Å². The topological polar surface area (TPSA) is 85.7 Å². The number of nitrogens with zero attached hydrogens (tertiary/aromatic N) is 4. The Kier molecular flexibility index (Phi) is 5.85. The number of nitrogens with one attached hydrogen (secondary N) is 1. The van der Waals surface area contributed by atoms with Crippen molar-refractivity contribution in [3.05, 3.63) is 70.7 Å². The van der Waals surface area contributed by atoms with E-state index in [1.165, 1.54) is 5.56 Å². The molecule has 0 aliphatic rings. The number of H-pyrrole nitrogens is 1. The van der Waals surface area contributed by atoms with Crippen LogP contribution in [0, 0.1) is 25.2 Å². The van der Waals surface area contributed by atoms with E-state index in [1.807, 2.05) is 33.0 Å². The van der Waals surface area contributed by atoms with Gasteiger partial charge < -0.3 is 4.90 Å². The fraction of sp³-hybridized carbons (Fsp3) is 0.273. The van der Waals surface area contributed by atoms with Crippen LogP contribution in [0.2, 0.25) is 0 Å². The van der Waals surface area contributed by atoms with Crippen molar-refractivity contribution in [3.8, 4) is 17.3 Å². The van der Waals surface area contributed by atoms with Crippen LogP contribution in [-0.4, -0.2) is 39.6 Å². The van der Waals surface area contributed by atoms with Crippen LogP contribution in [0.3, 0.4) is 0 Å². The van der Waals surface area contributed by atoms with Crippen LogP contribution in [-0.2, 0) is 6.42 Å². The molecule has 0 aliphatic heterocycles. The third-order valence-electron chi connectivity index (χ3n) is 4.86. The van der Waals surface area contributed by atoms with Crippen LogP contribution in [0.25, 0.3) is 11.3 Å². The third-order valence-corrected chi connectivity index (χ3v) is 4.86. The average molecular weight is 373 g/mol. The third kappa shape index (κ3) is 4.09. The van der Waals surface area contributed by atoms with Crippen molar-refractivity contribution in [3.63, 3.8) is 0 Å². The molecule has 0 unspecified atom stereocenters. The van der Waals surface area contributed by atoms with Crippen LogP contribution < -0.4 is 0 Å². The van der Waals surface area contributed by atoms with Gasteiger partial charge in [0, 0.05) is 36.6 Å².